The van der Waals surface area contributed by atoms with Gasteiger partial charge in [0.2, 0.25) is 0 Å². The van der Waals surface area contributed by atoms with Gasteiger partial charge in [-0.05, 0) is 51.3 Å². The average Bonchev–Trinajstić information content (AvgIpc) is 2.43. The molecule has 0 spiro atoms. The fourth-order valence-electron chi connectivity index (χ4n) is 1.58. The number of rotatable bonds is 3. The Kier molecular flexibility index (Phi) is 4.92. The molecule has 0 aliphatic carbocycles. The van der Waals surface area contributed by atoms with E-state index in [0.29, 0.717) is 10.0 Å². The molecule has 0 atom stereocenters. The van der Waals surface area contributed by atoms with E-state index in [1.807, 2.05) is 48.6 Å². The molecule has 0 saturated carbocycles. The molecular weight excluding hydrogens is 347 g/mol. The van der Waals surface area contributed by atoms with Gasteiger partial charge in [0.05, 0.1) is 21.6 Å². The van der Waals surface area contributed by atoms with Gasteiger partial charge in [-0.15, -0.1) is 0 Å². The van der Waals surface area contributed by atoms with Crippen molar-refractivity contribution >= 4 is 51.3 Å². The maximum atomic E-state index is 6.06. The second-order valence-corrected chi connectivity index (χ2v) is 5.51. The average molecular weight is 358 g/mol. The van der Waals surface area contributed by atoms with E-state index in [0.717, 1.165) is 21.3 Å². The van der Waals surface area contributed by atoms with Gasteiger partial charge >= 0.3 is 0 Å². The van der Waals surface area contributed by atoms with Crippen LogP contribution in [0.2, 0.25) is 10.0 Å². The molecule has 0 aliphatic rings. The van der Waals surface area contributed by atoms with Gasteiger partial charge in [0, 0.05) is 0 Å². The van der Waals surface area contributed by atoms with Crippen molar-refractivity contribution in [3.63, 3.8) is 0 Å². The molecule has 0 unspecified atom stereocenters. The third-order valence-electron chi connectivity index (χ3n) is 2.59. The fourth-order valence-corrected chi connectivity index (χ4v) is 2.31. The van der Waals surface area contributed by atoms with Crippen LogP contribution in [-0.2, 0) is 0 Å². The summed E-state index contributed by atoms with van der Waals surface area (Å²) in [5.74, 6) is 0.840. The van der Waals surface area contributed by atoms with E-state index in [9.17, 15) is 0 Å². The van der Waals surface area contributed by atoms with Crippen molar-refractivity contribution in [2.75, 3.05) is 7.11 Å². The van der Waals surface area contributed by atoms with Gasteiger partial charge in [-0.3, -0.25) is 0 Å². The van der Waals surface area contributed by atoms with Gasteiger partial charge in [0.15, 0.2) is 0 Å². The van der Waals surface area contributed by atoms with Crippen LogP contribution in [0.15, 0.2) is 40.9 Å². The zero-order valence-electron chi connectivity index (χ0n) is 10.2. The standard InChI is InChI=1S/C15H11BrCl2O/c1-19-12-6-4-10(5-7-12)2-3-11-8-13(17)15(16)14(18)9-11/h2-9H,1H3. The maximum absolute atomic E-state index is 6.06. The molecule has 0 radical (unpaired) electrons. The summed E-state index contributed by atoms with van der Waals surface area (Å²) in [5.41, 5.74) is 2.03. The Balaban J connectivity index is 2.22. The van der Waals surface area contributed by atoms with Gasteiger partial charge < -0.3 is 4.74 Å². The molecule has 0 fully saturated rings. The SMILES string of the molecule is COc1ccc(C=Cc2cc(Cl)c(Br)c(Cl)c2)cc1. The van der Waals surface area contributed by atoms with Crippen LogP contribution >= 0.6 is 39.1 Å². The summed E-state index contributed by atoms with van der Waals surface area (Å²) < 4.78 is 5.83. The third-order valence-corrected chi connectivity index (χ3v) is 4.50. The first-order chi connectivity index (χ1) is 9.10. The molecule has 98 valence electrons. The molecule has 0 aromatic heterocycles. The highest BCUT2D eigenvalue weighted by atomic mass is 79.9. The predicted molar refractivity (Wildman–Crippen MR) is 86.1 cm³/mol. The summed E-state index contributed by atoms with van der Waals surface area (Å²) in [4.78, 5) is 0. The molecular formula is C15H11BrCl2O. The lowest BCUT2D eigenvalue weighted by Crippen LogP contribution is -1.81. The second-order valence-electron chi connectivity index (χ2n) is 3.91. The van der Waals surface area contributed by atoms with Crippen molar-refractivity contribution in [2.24, 2.45) is 0 Å². The minimum absolute atomic E-state index is 0.599. The fraction of sp³-hybridized carbons (Fsp3) is 0.0667. The van der Waals surface area contributed by atoms with Gasteiger partial charge in [-0.25, -0.2) is 0 Å². The molecule has 2 aromatic rings. The smallest absolute Gasteiger partial charge is 0.118 e. The highest BCUT2D eigenvalue weighted by Gasteiger charge is 2.03. The number of ether oxygens (including phenoxy) is 1. The maximum Gasteiger partial charge on any atom is 0.118 e. The molecule has 0 saturated heterocycles. The second kappa shape index (κ2) is 6.47. The van der Waals surface area contributed by atoms with Crippen molar-refractivity contribution in [1.82, 2.24) is 0 Å². The van der Waals surface area contributed by atoms with Crippen molar-refractivity contribution in [3.05, 3.63) is 62.0 Å². The van der Waals surface area contributed by atoms with Gasteiger partial charge in [-0.1, -0.05) is 47.5 Å². The lowest BCUT2D eigenvalue weighted by Gasteiger charge is -2.02. The topological polar surface area (TPSA) is 9.23 Å². The first kappa shape index (κ1) is 14.4. The van der Waals surface area contributed by atoms with Crippen LogP contribution in [0.4, 0.5) is 0 Å². The summed E-state index contributed by atoms with van der Waals surface area (Å²) in [6, 6.07) is 11.5. The zero-order valence-corrected chi connectivity index (χ0v) is 13.3. The Morgan fingerprint density at radius 2 is 1.47 bits per heavy atom. The quantitative estimate of drug-likeness (QED) is 0.488. The first-order valence-electron chi connectivity index (χ1n) is 5.57. The van der Waals surface area contributed by atoms with E-state index in [1.165, 1.54) is 0 Å². The van der Waals surface area contributed by atoms with E-state index in [2.05, 4.69) is 15.9 Å². The van der Waals surface area contributed by atoms with Crippen molar-refractivity contribution in [3.8, 4) is 5.75 Å². The molecule has 0 aliphatic heterocycles. The van der Waals surface area contributed by atoms with Crippen molar-refractivity contribution in [2.45, 2.75) is 0 Å². The van der Waals surface area contributed by atoms with Gasteiger partial charge in [0.1, 0.15) is 5.75 Å². The molecule has 2 rings (SSSR count). The summed E-state index contributed by atoms with van der Waals surface area (Å²) in [7, 11) is 1.65. The summed E-state index contributed by atoms with van der Waals surface area (Å²) in [5, 5.41) is 1.20. The first-order valence-corrected chi connectivity index (χ1v) is 7.11. The molecule has 0 amide bonds. The van der Waals surface area contributed by atoms with E-state index in [4.69, 9.17) is 27.9 Å². The Morgan fingerprint density at radius 3 is 2.00 bits per heavy atom. The number of methoxy groups -OCH3 is 1. The van der Waals surface area contributed by atoms with E-state index in [-0.39, 0.29) is 0 Å². The largest absolute Gasteiger partial charge is 0.497 e. The summed E-state index contributed by atoms with van der Waals surface area (Å²) in [6.45, 7) is 0. The zero-order chi connectivity index (χ0) is 13.8. The van der Waals surface area contributed by atoms with E-state index < -0.39 is 0 Å². The normalized spacial score (nSPS) is 10.9. The van der Waals surface area contributed by atoms with Gasteiger partial charge in [0.25, 0.3) is 0 Å². The number of hydrogen-bond donors (Lipinski definition) is 0. The minimum atomic E-state index is 0.599. The molecule has 1 nitrogen and oxygen atoms in total. The van der Waals surface area contributed by atoms with E-state index >= 15 is 0 Å². The Morgan fingerprint density at radius 1 is 0.947 bits per heavy atom. The van der Waals surface area contributed by atoms with Crippen LogP contribution in [0.5, 0.6) is 5.75 Å². The predicted octanol–water partition coefficient (Wildman–Crippen LogP) is 5.93. The van der Waals surface area contributed by atoms with Crippen LogP contribution in [0.1, 0.15) is 11.1 Å². The highest BCUT2D eigenvalue weighted by Crippen LogP contribution is 2.32. The van der Waals surface area contributed by atoms with Crippen LogP contribution in [0.25, 0.3) is 12.2 Å². The number of benzene rings is 2. The summed E-state index contributed by atoms with van der Waals surface area (Å²) >= 11 is 15.4. The van der Waals surface area contributed by atoms with E-state index in [1.54, 1.807) is 7.11 Å². The Labute approximate surface area is 130 Å². The molecule has 4 heteroatoms. The van der Waals surface area contributed by atoms with Crippen LogP contribution in [0, 0.1) is 0 Å². The molecule has 2 aromatic carbocycles. The Hall–Kier alpha value is -0.960. The van der Waals surface area contributed by atoms with Crippen molar-refractivity contribution in [1.29, 1.82) is 0 Å². The number of hydrogen-bond acceptors (Lipinski definition) is 1. The van der Waals surface area contributed by atoms with Crippen molar-refractivity contribution < 1.29 is 4.74 Å². The molecule has 0 N–H and O–H groups in total. The van der Waals surface area contributed by atoms with Crippen LogP contribution in [0.3, 0.4) is 0 Å². The lowest BCUT2D eigenvalue weighted by molar-refractivity contribution is 0.415. The Bertz CT molecular complexity index is 583. The lowest BCUT2D eigenvalue weighted by atomic mass is 10.1. The van der Waals surface area contributed by atoms with Gasteiger partial charge in [-0.2, -0.15) is 0 Å². The summed E-state index contributed by atoms with van der Waals surface area (Å²) in [6.07, 6.45) is 3.96. The molecule has 0 heterocycles. The van der Waals surface area contributed by atoms with Crippen LogP contribution in [-0.4, -0.2) is 7.11 Å². The number of halogens is 3. The van der Waals surface area contributed by atoms with Crippen LogP contribution < -0.4 is 4.74 Å². The molecule has 19 heavy (non-hydrogen) atoms. The minimum Gasteiger partial charge on any atom is -0.497 e. The molecule has 0 bridgehead atoms. The monoisotopic (exact) mass is 356 g/mol. The third kappa shape index (κ3) is 3.75. The highest BCUT2D eigenvalue weighted by molar-refractivity contribution is 9.10.